The summed E-state index contributed by atoms with van der Waals surface area (Å²) in [4.78, 5) is 26.4. The molecule has 0 aliphatic carbocycles. The molecule has 1 aromatic carbocycles. The molecule has 0 spiro atoms. The van der Waals surface area contributed by atoms with Gasteiger partial charge in [-0.3, -0.25) is 14.9 Å². The summed E-state index contributed by atoms with van der Waals surface area (Å²) in [5, 5.41) is 11.5. The molecule has 1 aliphatic heterocycles. The largest absolute Gasteiger partial charge is 0.362 e. The fourth-order valence-electron chi connectivity index (χ4n) is 2.87. The van der Waals surface area contributed by atoms with Gasteiger partial charge in [-0.2, -0.15) is 0 Å². The molecule has 9 heteroatoms. The molecule has 1 fully saturated rings. The van der Waals surface area contributed by atoms with Crippen molar-refractivity contribution in [3.8, 4) is 0 Å². The second-order valence-corrected chi connectivity index (χ2v) is 9.17. The van der Waals surface area contributed by atoms with Gasteiger partial charge in [0.15, 0.2) is 9.84 Å². The van der Waals surface area contributed by atoms with Gasteiger partial charge < -0.3 is 9.80 Å². The Morgan fingerprint density at radius 1 is 1.16 bits per heavy atom. The number of sulfone groups is 1. The van der Waals surface area contributed by atoms with Crippen molar-refractivity contribution in [3.05, 3.63) is 28.3 Å². The molecular formula is C16H23N3O5S. The van der Waals surface area contributed by atoms with Crippen LogP contribution in [0.15, 0.2) is 23.1 Å². The Balaban J connectivity index is 2.30. The molecule has 1 aliphatic rings. The molecule has 0 aromatic heterocycles. The number of para-hydroxylation sites is 1. The van der Waals surface area contributed by atoms with Crippen LogP contribution in [0.5, 0.6) is 0 Å². The predicted octanol–water partition coefficient (Wildman–Crippen LogP) is 1.69. The number of benzene rings is 1. The molecule has 0 atom stereocenters. The minimum absolute atomic E-state index is 0.0338. The number of anilines is 1. The van der Waals surface area contributed by atoms with Crippen molar-refractivity contribution in [1.82, 2.24) is 4.90 Å². The fourth-order valence-corrected chi connectivity index (χ4v) is 3.73. The normalized spacial score (nSPS) is 16.0. The van der Waals surface area contributed by atoms with E-state index in [2.05, 4.69) is 0 Å². The molecule has 0 saturated carbocycles. The van der Waals surface area contributed by atoms with Gasteiger partial charge in [-0.15, -0.1) is 0 Å². The average molecular weight is 369 g/mol. The van der Waals surface area contributed by atoms with Crippen molar-refractivity contribution < 1.29 is 18.1 Å². The molecule has 1 heterocycles. The van der Waals surface area contributed by atoms with E-state index in [1.165, 1.54) is 12.1 Å². The third-order valence-corrected chi connectivity index (χ3v) is 5.24. The quantitative estimate of drug-likeness (QED) is 0.594. The molecule has 0 bridgehead atoms. The first-order chi connectivity index (χ1) is 11.4. The molecule has 0 N–H and O–H groups in total. The summed E-state index contributed by atoms with van der Waals surface area (Å²) in [6, 6.07) is 4.30. The van der Waals surface area contributed by atoms with Crippen LogP contribution in [-0.2, 0) is 14.6 Å². The number of nitro groups is 1. The number of piperazine rings is 1. The zero-order valence-corrected chi connectivity index (χ0v) is 15.7. The van der Waals surface area contributed by atoms with Gasteiger partial charge in [-0.25, -0.2) is 8.42 Å². The summed E-state index contributed by atoms with van der Waals surface area (Å²) in [5.41, 5.74) is -0.610. The Morgan fingerprint density at radius 2 is 1.72 bits per heavy atom. The molecule has 25 heavy (non-hydrogen) atoms. The minimum atomic E-state index is -3.72. The van der Waals surface area contributed by atoms with Gasteiger partial charge in [0.2, 0.25) is 5.91 Å². The Kier molecular flexibility index (Phi) is 5.08. The van der Waals surface area contributed by atoms with Crippen LogP contribution < -0.4 is 4.90 Å². The van der Waals surface area contributed by atoms with Crippen molar-refractivity contribution in [1.29, 1.82) is 0 Å². The van der Waals surface area contributed by atoms with Gasteiger partial charge in [-0.1, -0.05) is 26.8 Å². The van der Waals surface area contributed by atoms with Gasteiger partial charge in [0, 0.05) is 37.8 Å². The molecule has 138 valence electrons. The van der Waals surface area contributed by atoms with Gasteiger partial charge >= 0.3 is 5.69 Å². The monoisotopic (exact) mass is 369 g/mol. The first-order valence-corrected chi connectivity index (χ1v) is 9.84. The lowest BCUT2D eigenvalue weighted by atomic mass is 9.94. The third-order valence-electron chi connectivity index (χ3n) is 4.11. The van der Waals surface area contributed by atoms with Crippen LogP contribution in [0.25, 0.3) is 0 Å². The molecular weight excluding hydrogens is 346 g/mol. The topological polar surface area (TPSA) is 101 Å². The highest BCUT2D eigenvalue weighted by molar-refractivity contribution is 7.90. The zero-order chi connectivity index (χ0) is 19.0. The van der Waals surface area contributed by atoms with E-state index in [0.29, 0.717) is 26.2 Å². The minimum Gasteiger partial charge on any atom is -0.362 e. The SMILES string of the molecule is CC(C)(C)C(=O)N1CCN(c2cccc(S(C)(=O)=O)c2[N+](=O)[O-])CC1. The van der Waals surface area contributed by atoms with Crippen LogP contribution >= 0.6 is 0 Å². The maximum Gasteiger partial charge on any atom is 0.311 e. The Labute approximate surface area is 147 Å². The van der Waals surface area contributed by atoms with Crippen molar-refractivity contribution in [2.24, 2.45) is 5.41 Å². The first kappa shape index (κ1) is 19.2. The Hall–Kier alpha value is -2.16. The van der Waals surface area contributed by atoms with E-state index < -0.39 is 25.9 Å². The van der Waals surface area contributed by atoms with Crippen LogP contribution in [0, 0.1) is 15.5 Å². The van der Waals surface area contributed by atoms with Gasteiger partial charge in [-0.05, 0) is 12.1 Å². The molecule has 1 amide bonds. The predicted molar refractivity (Wildman–Crippen MR) is 94.5 cm³/mol. The number of carbonyl (C=O) groups is 1. The van der Waals surface area contributed by atoms with Gasteiger partial charge in [0.25, 0.3) is 0 Å². The first-order valence-electron chi connectivity index (χ1n) is 7.94. The number of nitro benzene ring substituents is 1. The highest BCUT2D eigenvalue weighted by Gasteiger charge is 2.33. The van der Waals surface area contributed by atoms with E-state index in [4.69, 9.17) is 0 Å². The van der Waals surface area contributed by atoms with Crippen molar-refractivity contribution >= 4 is 27.1 Å². The Morgan fingerprint density at radius 3 is 2.16 bits per heavy atom. The van der Waals surface area contributed by atoms with E-state index in [9.17, 15) is 23.3 Å². The van der Waals surface area contributed by atoms with E-state index in [1.807, 2.05) is 20.8 Å². The molecule has 1 aromatic rings. The van der Waals surface area contributed by atoms with Crippen LogP contribution in [0.1, 0.15) is 20.8 Å². The summed E-state index contributed by atoms with van der Waals surface area (Å²) >= 11 is 0. The zero-order valence-electron chi connectivity index (χ0n) is 14.9. The lowest BCUT2D eigenvalue weighted by Gasteiger charge is -2.38. The van der Waals surface area contributed by atoms with Crippen molar-refractivity contribution in [2.45, 2.75) is 25.7 Å². The van der Waals surface area contributed by atoms with Gasteiger partial charge in [0.1, 0.15) is 10.6 Å². The number of hydrogen-bond donors (Lipinski definition) is 0. The maximum absolute atomic E-state index is 12.3. The van der Waals surface area contributed by atoms with Crippen LogP contribution in [0.3, 0.4) is 0 Å². The number of nitrogens with zero attached hydrogens (tertiary/aromatic N) is 3. The number of amides is 1. The number of rotatable bonds is 3. The van der Waals surface area contributed by atoms with Crippen LogP contribution in [-0.4, -0.2) is 56.6 Å². The lowest BCUT2D eigenvalue weighted by molar-refractivity contribution is -0.387. The van der Waals surface area contributed by atoms with Gasteiger partial charge in [0.05, 0.1) is 4.92 Å². The summed E-state index contributed by atoms with van der Waals surface area (Å²) in [5.74, 6) is 0.0338. The standard InChI is InChI=1S/C16H23N3O5S/c1-16(2,3)15(20)18-10-8-17(9-11-18)12-6-5-7-13(25(4,23)24)14(12)19(21)22/h5-7H,8-11H2,1-4H3. The Bertz CT molecular complexity index is 790. The lowest BCUT2D eigenvalue weighted by Crippen LogP contribution is -2.51. The molecule has 8 nitrogen and oxygen atoms in total. The third kappa shape index (κ3) is 4.09. The molecule has 2 rings (SSSR count). The van der Waals surface area contributed by atoms with Crippen molar-refractivity contribution in [2.75, 3.05) is 37.3 Å². The fraction of sp³-hybridized carbons (Fsp3) is 0.562. The maximum atomic E-state index is 12.3. The average Bonchev–Trinajstić information content (AvgIpc) is 2.51. The smallest absolute Gasteiger partial charge is 0.311 e. The molecule has 0 unspecified atom stereocenters. The highest BCUT2D eigenvalue weighted by atomic mass is 32.2. The summed E-state index contributed by atoms with van der Waals surface area (Å²) < 4.78 is 23.7. The summed E-state index contributed by atoms with van der Waals surface area (Å²) in [6.07, 6.45) is 0.957. The number of carbonyl (C=O) groups excluding carboxylic acids is 1. The van der Waals surface area contributed by atoms with E-state index >= 15 is 0 Å². The van der Waals surface area contributed by atoms with E-state index in [-0.39, 0.29) is 16.5 Å². The van der Waals surface area contributed by atoms with E-state index in [1.54, 1.807) is 15.9 Å². The van der Waals surface area contributed by atoms with Crippen LogP contribution in [0.4, 0.5) is 11.4 Å². The highest BCUT2D eigenvalue weighted by Crippen LogP contribution is 2.35. The second kappa shape index (κ2) is 6.62. The molecule has 1 saturated heterocycles. The van der Waals surface area contributed by atoms with E-state index in [0.717, 1.165) is 6.26 Å². The number of hydrogen-bond acceptors (Lipinski definition) is 6. The summed E-state index contributed by atoms with van der Waals surface area (Å²) in [6.45, 7) is 7.25. The summed E-state index contributed by atoms with van der Waals surface area (Å²) in [7, 11) is -3.72. The van der Waals surface area contributed by atoms with Crippen LogP contribution in [0.2, 0.25) is 0 Å². The molecule has 0 radical (unpaired) electrons. The van der Waals surface area contributed by atoms with Crippen molar-refractivity contribution in [3.63, 3.8) is 0 Å². The second-order valence-electron chi connectivity index (χ2n) is 7.18.